The van der Waals surface area contributed by atoms with E-state index < -0.39 is 5.82 Å². The summed E-state index contributed by atoms with van der Waals surface area (Å²) in [4.78, 5) is 11.2. The van der Waals surface area contributed by atoms with Crippen molar-refractivity contribution in [1.82, 2.24) is 24.6 Å². The number of hydrogen-bond donors (Lipinski definition) is 3. The van der Waals surface area contributed by atoms with E-state index in [0.717, 1.165) is 29.9 Å². The topological polar surface area (TPSA) is 96.9 Å². The Labute approximate surface area is 161 Å². The van der Waals surface area contributed by atoms with Crippen LogP contribution in [0.2, 0.25) is 0 Å². The molecule has 0 bridgehead atoms. The molecule has 0 aliphatic carbocycles. The first-order chi connectivity index (χ1) is 13.5. The van der Waals surface area contributed by atoms with Crippen LogP contribution in [0.25, 0.3) is 5.57 Å². The Bertz CT molecular complexity index is 1040. The summed E-state index contributed by atoms with van der Waals surface area (Å²) in [5.41, 5.74) is 9.21. The first-order valence-electron chi connectivity index (χ1n) is 8.80. The number of likely N-dealkylation sites (N-methyl/N-ethyl adjacent to an activating group) is 1. The molecule has 8 nitrogen and oxygen atoms in total. The third kappa shape index (κ3) is 3.79. The minimum Gasteiger partial charge on any atom is -0.399 e. The number of nitrogens with one attached hydrogen (secondary N) is 2. The second-order valence-electron chi connectivity index (χ2n) is 6.77. The van der Waals surface area contributed by atoms with Crippen LogP contribution >= 0.6 is 0 Å². The number of aromatic nitrogens is 4. The number of benzene rings is 1. The molecule has 3 heterocycles. The number of rotatable bonds is 5. The molecule has 1 aromatic carbocycles. The Balaban J connectivity index is 1.71. The van der Waals surface area contributed by atoms with Gasteiger partial charge in [0.1, 0.15) is 11.6 Å². The van der Waals surface area contributed by atoms with E-state index in [1.54, 1.807) is 23.1 Å². The van der Waals surface area contributed by atoms with E-state index in [0.29, 0.717) is 17.5 Å². The lowest BCUT2D eigenvalue weighted by molar-refractivity contribution is 0.438. The van der Waals surface area contributed by atoms with E-state index in [4.69, 9.17) is 5.73 Å². The largest absolute Gasteiger partial charge is 0.399 e. The molecular weight excluding hydrogens is 359 g/mol. The molecule has 1 aliphatic rings. The zero-order valence-electron chi connectivity index (χ0n) is 15.6. The van der Waals surface area contributed by atoms with Crippen molar-refractivity contribution in [3.05, 3.63) is 54.2 Å². The molecule has 4 N–H and O–H groups in total. The monoisotopic (exact) mass is 380 g/mol. The Kier molecular flexibility index (Phi) is 4.66. The zero-order valence-corrected chi connectivity index (χ0v) is 15.6. The minimum absolute atomic E-state index is 0.263. The highest BCUT2D eigenvalue weighted by molar-refractivity contribution is 5.79. The fraction of sp³-hybridized carbons (Fsp3) is 0.211. The summed E-state index contributed by atoms with van der Waals surface area (Å²) in [6.45, 7) is 1.62. The quantitative estimate of drug-likeness (QED) is 0.586. The van der Waals surface area contributed by atoms with Crippen LogP contribution in [0.3, 0.4) is 0 Å². The van der Waals surface area contributed by atoms with Crippen LogP contribution in [0, 0.1) is 5.82 Å². The van der Waals surface area contributed by atoms with Gasteiger partial charge in [-0.3, -0.25) is 9.58 Å². The van der Waals surface area contributed by atoms with Crippen LogP contribution in [-0.2, 0) is 7.05 Å². The summed E-state index contributed by atoms with van der Waals surface area (Å²) in [5.74, 6) is 0.487. The molecule has 1 aliphatic heterocycles. The Morgan fingerprint density at radius 2 is 2.04 bits per heavy atom. The summed E-state index contributed by atoms with van der Waals surface area (Å²) in [7, 11) is 3.86. The minimum atomic E-state index is -0.405. The summed E-state index contributed by atoms with van der Waals surface area (Å²) in [6.07, 6.45) is 7.35. The fourth-order valence-corrected chi connectivity index (χ4v) is 3.03. The third-order valence-corrected chi connectivity index (χ3v) is 4.43. The number of anilines is 5. The van der Waals surface area contributed by atoms with Gasteiger partial charge in [0.15, 0.2) is 0 Å². The van der Waals surface area contributed by atoms with Gasteiger partial charge in [-0.05, 0) is 30.8 Å². The first kappa shape index (κ1) is 17.9. The number of nitrogen functional groups attached to an aromatic ring is 1. The van der Waals surface area contributed by atoms with Gasteiger partial charge in [-0.2, -0.15) is 10.1 Å². The molecule has 0 saturated heterocycles. The lowest BCUT2D eigenvalue weighted by Crippen LogP contribution is -2.14. The van der Waals surface area contributed by atoms with E-state index in [-0.39, 0.29) is 5.69 Å². The molecule has 0 saturated carbocycles. The van der Waals surface area contributed by atoms with Crippen molar-refractivity contribution in [2.75, 3.05) is 36.5 Å². The van der Waals surface area contributed by atoms with Crippen molar-refractivity contribution >= 4 is 34.4 Å². The predicted molar refractivity (Wildman–Crippen MR) is 108 cm³/mol. The highest BCUT2D eigenvalue weighted by Crippen LogP contribution is 2.30. The van der Waals surface area contributed by atoms with Gasteiger partial charge in [-0.1, -0.05) is 6.08 Å². The van der Waals surface area contributed by atoms with E-state index in [9.17, 15) is 4.39 Å². The van der Waals surface area contributed by atoms with Gasteiger partial charge in [0.25, 0.3) is 0 Å². The van der Waals surface area contributed by atoms with Crippen LogP contribution in [-0.4, -0.2) is 44.8 Å². The second kappa shape index (κ2) is 7.28. The van der Waals surface area contributed by atoms with Crippen molar-refractivity contribution < 1.29 is 4.39 Å². The lowest BCUT2D eigenvalue weighted by atomic mass is 10.1. The maximum atomic E-state index is 14.3. The highest BCUT2D eigenvalue weighted by atomic mass is 19.1. The molecule has 4 rings (SSSR count). The van der Waals surface area contributed by atoms with Gasteiger partial charge in [-0.25, -0.2) is 9.37 Å². The maximum Gasteiger partial charge on any atom is 0.229 e. The standard InChI is InChI=1S/C19H21FN8/c1-27-6-5-12(10-27)15-9-22-19(24-14-8-23-28(2)11-14)26-18(15)25-17-7-13(21)3-4-16(17)20/h3-5,7-9,11H,6,10,21H2,1-2H3,(H2,22,24,25,26). The van der Waals surface area contributed by atoms with Crippen molar-refractivity contribution in [3.8, 4) is 0 Å². The first-order valence-corrected chi connectivity index (χ1v) is 8.80. The van der Waals surface area contributed by atoms with Gasteiger partial charge >= 0.3 is 0 Å². The van der Waals surface area contributed by atoms with Crippen molar-refractivity contribution in [1.29, 1.82) is 0 Å². The molecule has 0 atom stereocenters. The molecule has 0 unspecified atom stereocenters. The molecule has 144 valence electrons. The molecule has 0 radical (unpaired) electrons. The van der Waals surface area contributed by atoms with E-state index >= 15 is 0 Å². The molecule has 3 aromatic rings. The normalized spacial score (nSPS) is 14.2. The molecule has 28 heavy (non-hydrogen) atoms. The van der Waals surface area contributed by atoms with Gasteiger partial charge in [-0.15, -0.1) is 0 Å². The zero-order chi connectivity index (χ0) is 19.7. The summed E-state index contributed by atoms with van der Waals surface area (Å²) < 4.78 is 15.9. The van der Waals surface area contributed by atoms with E-state index in [1.807, 2.05) is 20.3 Å². The number of nitrogens with zero attached hydrogens (tertiary/aromatic N) is 5. The van der Waals surface area contributed by atoms with Gasteiger partial charge in [0.05, 0.1) is 17.6 Å². The van der Waals surface area contributed by atoms with Crippen LogP contribution < -0.4 is 16.4 Å². The van der Waals surface area contributed by atoms with Crippen LogP contribution in [0.5, 0.6) is 0 Å². The molecule has 2 aromatic heterocycles. The smallest absolute Gasteiger partial charge is 0.229 e. The number of aryl methyl sites for hydroxylation is 1. The Morgan fingerprint density at radius 3 is 2.75 bits per heavy atom. The summed E-state index contributed by atoms with van der Waals surface area (Å²) in [5, 5.41) is 10.3. The average Bonchev–Trinajstić information content (AvgIpc) is 3.27. The number of nitrogens with two attached hydrogens (primary N) is 1. The molecular formula is C19H21FN8. The third-order valence-electron chi connectivity index (χ3n) is 4.43. The Morgan fingerprint density at radius 1 is 1.18 bits per heavy atom. The second-order valence-corrected chi connectivity index (χ2v) is 6.77. The molecule has 0 spiro atoms. The maximum absolute atomic E-state index is 14.3. The van der Waals surface area contributed by atoms with Crippen molar-refractivity contribution in [2.24, 2.45) is 7.05 Å². The Hall–Kier alpha value is -3.46. The summed E-state index contributed by atoms with van der Waals surface area (Å²) >= 11 is 0. The van der Waals surface area contributed by atoms with E-state index in [1.165, 1.54) is 12.1 Å². The molecule has 9 heteroatoms. The van der Waals surface area contributed by atoms with Crippen LogP contribution in [0.4, 0.5) is 33.2 Å². The van der Waals surface area contributed by atoms with E-state index in [2.05, 4.69) is 36.7 Å². The van der Waals surface area contributed by atoms with Crippen molar-refractivity contribution in [3.63, 3.8) is 0 Å². The predicted octanol–water partition coefficient (Wildman–Crippen LogP) is 2.75. The van der Waals surface area contributed by atoms with Crippen molar-refractivity contribution in [2.45, 2.75) is 0 Å². The average molecular weight is 380 g/mol. The highest BCUT2D eigenvalue weighted by Gasteiger charge is 2.18. The van der Waals surface area contributed by atoms with Crippen LogP contribution in [0.1, 0.15) is 5.56 Å². The molecule has 0 fully saturated rings. The summed E-state index contributed by atoms with van der Waals surface area (Å²) in [6, 6.07) is 4.39. The lowest BCUT2D eigenvalue weighted by Gasteiger charge is -2.15. The SMILES string of the molecule is CN1CC=C(c2cnc(Nc3cnn(C)c3)nc2Nc2cc(N)ccc2F)C1. The number of hydrogen-bond acceptors (Lipinski definition) is 7. The molecule has 0 amide bonds. The van der Waals surface area contributed by atoms with Gasteiger partial charge < -0.3 is 16.4 Å². The fourth-order valence-electron chi connectivity index (χ4n) is 3.03. The van der Waals surface area contributed by atoms with Crippen LogP contribution in [0.15, 0.2) is 42.9 Å². The van der Waals surface area contributed by atoms with Gasteiger partial charge in [0, 0.05) is 43.8 Å². The van der Waals surface area contributed by atoms with Gasteiger partial charge in [0.2, 0.25) is 5.95 Å². The number of halogens is 1.